The van der Waals surface area contributed by atoms with Crippen LogP contribution < -0.4 is 5.32 Å². The first-order valence-corrected chi connectivity index (χ1v) is 8.46. The Morgan fingerprint density at radius 3 is 2.17 bits per heavy atom. The lowest BCUT2D eigenvalue weighted by Gasteiger charge is -2.22. The Kier molecular flexibility index (Phi) is 5.55. The third-order valence-corrected chi connectivity index (χ3v) is 4.29. The van der Waals surface area contributed by atoms with Gasteiger partial charge in [-0.25, -0.2) is 4.98 Å². The van der Waals surface area contributed by atoms with Crippen molar-refractivity contribution in [1.29, 1.82) is 0 Å². The molecular weight excluding hydrogens is 414 g/mol. The van der Waals surface area contributed by atoms with Crippen LogP contribution in [-0.4, -0.2) is 20.4 Å². The fourth-order valence-corrected chi connectivity index (χ4v) is 2.84. The smallest absolute Gasteiger partial charge is 0.337 e. The van der Waals surface area contributed by atoms with Crippen molar-refractivity contribution >= 4 is 5.91 Å². The Balaban J connectivity index is 2.08. The summed E-state index contributed by atoms with van der Waals surface area (Å²) in [5.41, 5.74) is -2.64. The van der Waals surface area contributed by atoms with Crippen LogP contribution in [0.15, 0.2) is 55.0 Å². The molecule has 3 rings (SSSR count). The molecule has 0 unspecified atom stereocenters. The van der Waals surface area contributed by atoms with Gasteiger partial charge in [-0.05, 0) is 29.8 Å². The highest BCUT2D eigenvalue weighted by molar-refractivity contribution is 5.91. The molecule has 0 aliphatic heterocycles. The molecule has 1 amide bonds. The highest BCUT2D eigenvalue weighted by Crippen LogP contribution is 2.36. The van der Waals surface area contributed by atoms with Crippen molar-refractivity contribution in [1.82, 2.24) is 19.9 Å². The number of nitrogens with one attached hydrogen (secondary N) is 1. The van der Waals surface area contributed by atoms with Crippen molar-refractivity contribution in [3.05, 3.63) is 83.2 Å². The van der Waals surface area contributed by atoms with Gasteiger partial charge in [0.05, 0.1) is 22.9 Å². The molecule has 0 aliphatic carbocycles. The van der Waals surface area contributed by atoms with Gasteiger partial charge in [0.25, 0.3) is 5.91 Å². The monoisotopic (exact) mass is 428 g/mol. The first-order chi connectivity index (χ1) is 14.0. The molecule has 0 saturated heterocycles. The predicted molar refractivity (Wildman–Crippen MR) is 93.2 cm³/mol. The molecular formula is C19H14F6N4O. The minimum atomic E-state index is -4.79. The highest BCUT2D eigenvalue weighted by Gasteiger charge is 2.37. The van der Waals surface area contributed by atoms with Gasteiger partial charge in [0.1, 0.15) is 0 Å². The summed E-state index contributed by atoms with van der Waals surface area (Å²) in [7, 11) is 1.51. The van der Waals surface area contributed by atoms with Crippen molar-refractivity contribution < 1.29 is 31.1 Å². The topological polar surface area (TPSA) is 59.8 Å². The lowest BCUT2D eigenvalue weighted by molar-refractivity contribution is -0.139. The van der Waals surface area contributed by atoms with Gasteiger partial charge in [0, 0.05) is 25.6 Å². The second-order valence-electron chi connectivity index (χ2n) is 6.32. The summed E-state index contributed by atoms with van der Waals surface area (Å²) in [5.74, 6) is -0.900. The van der Waals surface area contributed by atoms with Crippen LogP contribution in [0, 0.1) is 0 Å². The molecule has 158 valence electrons. The number of carbonyl (C=O) groups is 1. The molecule has 0 saturated carbocycles. The Bertz CT molecular complexity index is 1040. The highest BCUT2D eigenvalue weighted by atomic mass is 19.4. The van der Waals surface area contributed by atoms with Crippen LogP contribution in [0.2, 0.25) is 0 Å². The maximum Gasteiger partial charge on any atom is 0.418 e. The van der Waals surface area contributed by atoms with E-state index in [-0.39, 0.29) is 11.4 Å². The number of imidazole rings is 1. The zero-order chi connectivity index (χ0) is 22.1. The molecule has 1 atom stereocenters. The van der Waals surface area contributed by atoms with Crippen LogP contribution in [-0.2, 0) is 19.4 Å². The number of nitrogens with zero attached hydrogens (tertiary/aromatic N) is 3. The van der Waals surface area contributed by atoms with Crippen LogP contribution in [0.4, 0.5) is 26.3 Å². The van der Waals surface area contributed by atoms with Crippen LogP contribution in [0.3, 0.4) is 0 Å². The molecule has 2 aromatic heterocycles. The van der Waals surface area contributed by atoms with E-state index in [0.717, 1.165) is 42.6 Å². The molecule has 5 nitrogen and oxygen atoms in total. The first kappa shape index (κ1) is 21.3. The molecule has 1 aromatic carbocycles. The molecule has 0 aliphatic rings. The van der Waals surface area contributed by atoms with Crippen molar-refractivity contribution in [3.8, 4) is 0 Å². The number of alkyl halides is 6. The molecule has 0 radical (unpaired) electrons. The Morgan fingerprint density at radius 1 is 0.967 bits per heavy atom. The summed E-state index contributed by atoms with van der Waals surface area (Å²) in [6.07, 6.45) is -5.52. The molecule has 11 heteroatoms. The zero-order valence-electron chi connectivity index (χ0n) is 15.3. The van der Waals surface area contributed by atoms with Crippen LogP contribution in [0.1, 0.15) is 39.0 Å². The van der Waals surface area contributed by atoms with Gasteiger partial charge >= 0.3 is 12.4 Å². The van der Waals surface area contributed by atoms with E-state index in [9.17, 15) is 31.1 Å². The van der Waals surface area contributed by atoms with Crippen molar-refractivity contribution in [3.63, 3.8) is 0 Å². The lowest BCUT2D eigenvalue weighted by atomic mass is 9.97. The fourth-order valence-electron chi connectivity index (χ4n) is 2.84. The first-order valence-electron chi connectivity index (χ1n) is 8.46. The van der Waals surface area contributed by atoms with Crippen LogP contribution in [0.25, 0.3) is 0 Å². The summed E-state index contributed by atoms with van der Waals surface area (Å²) >= 11 is 0. The van der Waals surface area contributed by atoms with Gasteiger partial charge in [0.15, 0.2) is 5.82 Å². The van der Waals surface area contributed by atoms with Gasteiger partial charge < -0.3 is 9.88 Å². The van der Waals surface area contributed by atoms with Crippen LogP contribution in [0.5, 0.6) is 0 Å². The minimum absolute atomic E-state index is 0.00485. The van der Waals surface area contributed by atoms with Crippen molar-refractivity contribution in [2.75, 3.05) is 0 Å². The average Bonchev–Trinajstić information content (AvgIpc) is 3.11. The van der Waals surface area contributed by atoms with Crippen LogP contribution >= 0.6 is 0 Å². The van der Waals surface area contributed by atoms with E-state index in [2.05, 4.69) is 15.3 Å². The normalized spacial score (nSPS) is 13.2. The molecule has 2 heterocycles. The van der Waals surface area contributed by atoms with Gasteiger partial charge in [-0.15, -0.1) is 0 Å². The zero-order valence-corrected chi connectivity index (χ0v) is 15.3. The summed E-state index contributed by atoms with van der Waals surface area (Å²) in [5, 5.41) is 2.40. The minimum Gasteiger partial charge on any atom is -0.337 e. The number of hydrogen-bond donors (Lipinski definition) is 1. The predicted octanol–water partition coefficient (Wildman–Crippen LogP) is 4.37. The number of aromatic nitrogens is 3. The summed E-state index contributed by atoms with van der Waals surface area (Å²) in [6, 6.07) is 3.86. The summed E-state index contributed by atoms with van der Waals surface area (Å²) in [4.78, 5) is 20.2. The Morgan fingerprint density at radius 2 is 1.63 bits per heavy atom. The molecule has 3 aromatic rings. The maximum atomic E-state index is 13.5. The molecule has 0 fully saturated rings. The van der Waals surface area contributed by atoms with E-state index in [1.165, 1.54) is 24.0 Å². The number of hydrogen-bond acceptors (Lipinski definition) is 3. The third-order valence-electron chi connectivity index (χ3n) is 4.29. The van der Waals surface area contributed by atoms with Gasteiger partial charge in [0.2, 0.25) is 0 Å². The standard InChI is InChI=1S/C19H14F6N4O/c1-29-10-9-27-16(29)17(30)28-14(11-4-6-12(7-5-11)18(20,21)22)15-13(19(23,24)25)3-2-8-26-15/h2-10,14H,1H3,(H,28,30)/t14-/m0/s1. The molecule has 30 heavy (non-hydrogen) atoms. The van der Waals surface area contributed by atoms with Gasteiger partial charge in [-0.2, -0.15) is 26.3 Å². The van der Waals surface area contributed by atoms with Crippen molar-refractivity contribution in [2.24, 2.45) is 7.05 Å². The van der Waals surface area contributed by atoms with E-state index in [0.29, 0.717) is 0 Å². The second-order valence-corrected chi connectivity index (χ2v) is 6.32. The van der Waals surface area contributed by atoms with Gasteiger partial charge in [-0.1, -0.05) is 12.1 Å². The number of aryl methyl sites for hydroxylation is 1. The van der Waals surface area contributed by atoms with E-state index in [1.807, 2.05) is 0 Å². The Labute approximate surface area is 166 Å². The fraction of sp³-hybridized carbons (Fsp3) is 0.211. The molecule has 0 bridgehead atoms. The quantitative estimate of drug-likeness (QED) is 0.628. The lowest BCUT2D eigenvalue weighted by Crippen LogP contribution is -2.33. The number of amides is 1. The number of rotatable bonds is 4. The third kappa shape index (κ3) is 4.44. The number of halogens is 6. The summed E-state index contributed by atoms with van der Waals surface area (Å²) < 4.78 is 80.4. The SMILES string of the molecule is Cn1ccnc1C(=O)N[C@@H](c1ccc(C(F)(F)F)cc1)c1ncccc1C(F)(F)F. The largest absolute Gasteiger partial charge is 0.418 e. The molecule has 1 N–H and O–H groups in total. The van der Waals surface area contributed by atoms with E-state index < -0.39 is 41.1 Å². The average molecular weight is 428 g/mol. The van der Waals surface area contributed by atoms with Crippen molar-refractivity contribution in [2.45, 2.75) is 18.4 Å². The van der Waals surface area contributed by atoms with E-state index >= 15 is 0 Å². The Hall–Kier alpha value is -3.37. The van der Waals surface area contributed by atoms with E-state index in [1.54, 1.807) is 0 Å². The number of pyridine rings is 1. The van der Waals surface area contributed by atoms with Gasteiger partial charge in [-0.3, -0.25) is 9.78 Å². The summed E-state index contributed by atoms with van der Waals surface area (Å²) in [6.45, 7) is 0. The van der Waals surface area contributed by atoms with E-state index in [4.69, 9.17) is 0 Å². The molecule has 0 spiro atoms. The second kappa shape index (κ2) is 7.81. The number of carbonyl (C=O) groups excluding carboxylic acids is 1. The maximum absolute atomic E-state index is 13.5. The number of benzene rings is 1.